The van der Waals surface area contributed by atoms with Crippen LogP contribution >= 0.6 is 0 Å². The summed E-state index contributed by atoms with van der Waals surface area (Å²) in [4.78, 5) is 24.2. The molecule has 6 heteroatoms. The first-order valence-electron chi connectivity index (χ1n) is 8.71. The van der Waals surface area contributed by atoms with E-state index in [2.05, 4.69) is 5.32 Å². The first kappa shape index (κ1) is 17.6. The summed E-state index contributed by atoms with van der Waals surface area (Å²) in [6.45, 7) is -0.257. The third-order valence-electron chi connectivity index (χ3n) is 4.22. The van der Waals surface area contributed by atoms with E-state index in [-0.39, 0.29) is 13.4 Å². The smallest absolute Gasteiger partial charge is 0.338 e. The van der Waals surface area contributed by atoms with Gasteiger partial charge in [0.05, 0.1) is 5.56 Å². The van der Waals surface area contributed by atoms with Crippen molar-refractivity contribution in [2.45, 2.75) is 0 Å². The van der Waals surface area contributed by atoms with Gasteiger partial charge in [-0.2, -0.15) is 0 Å². The number of nitrogens with one attached hydrogen (secondary N) is 1. The van der Waals surface area contributed by atoms with Crippen molar-refractivity contribution in [1.82, 2.24) is 0 Å². The van der Waals surface area contributed by atoms with Gasteiger partial charge in [-0.05, 0) is 41.5 Å². The number of rotatable bonds is 5. The molecule has 1 aliphatic heterocycles. The van der Waals surface area contributed by atoms with E-state index in [1.165, 1.54) is 6.07 Å². The average molecular weight is 375 g/mol. The van der Waals surface area contributed by atoms with Crippen molar-refractivity contribution in [1.29, 1.82) is 0 Å². The highest BCUT2D eigenvalue weighted by molar-refractivity contribution is 5.96. The molecule has 0 aromatic heterocycles. The summed E-state index contributed by atoms with van der Waals surface area (Å²) < 4.78 is 15.5. The molecular weight excluding hydrogens is 358 g/mol. The van der Waals surface area contributed by atoms with E-state index in [1.54, 1.807) is 24.3 Å². The molecule has 6 nitrogen and oxygen atoms in total. The number of carbonyl (C=O) groups is 2. The monoisotopic (exact) mass is 375 g/mol. The second kappa shape index (κ2) is 7.84. The van der Waals surface area contributed by atoms with E-state index in [4.69, 9.17) is 14.2 Å². The second-order valence-electron chi connectivity index (χ2n) is 6.14. The van der Waals surface area contributed by atoms with Gasteiger partial charge in [-0.1, -0.05) is 42.5 Å². The molecule has 0 spiro atoms. The number of carbonyl (C=O) groups excluding carboxylic acids is 2. The Morgan fingerprint density at radius 3 is 2.36 bits per heavy atom. The zero-order chi connectivity index (χ0) is 19.3. The highest BCUT2D eigenvalue weighted by Gasteiger charge is 2.17. The van der Waals surface area contributed by atoms with Crippen LogP contribution in [0, 0.1) is 0 Å². The first-order chi connectivity index (χ1) is 13.7. The molecule has 4 rings (SSSR count). The van der Waals surface area contributed by atoms with Crippen molar-refractivity contribution in [3.63, 3.8) is 0 Å². The van der Waals surface area contributed by atoms with Crippen molar-refractivity contribution < 1.29 is 23.8 Å². The first-order valence-corrected chi connectivity index (χ1v) is 8.71. The summed E-state index contributed by atoms with van der Waals surface area (Å²) in [5.41, 5.74) is 3.07. The van der Waals surface area contributed by atoms with Crippen molar-refractivity contribution >= 4 is 17.6 Å². The van der Waals surface area contributed by atoms with Crippen LogP contribution in [0.15, 0.2) is 72.8 Å². The molecular formula is C22H17NO5. The highest BCUT2D eigenvalue weighted by Crippen LogP contribution is 2.32. The van der Waals surface area contributed by atoms with Gasteiger partial charge in [0.2, 0.25) is 6.79 Å². The van der Waals surface area contributed by atoms with Crippen LogP contribution in [0.2, 0.25) is 0 Å². The van der Waals surface area contributed by atoms with Gasteiger partial charge in [-0.15, -0.1) is 0 Å². The standard InChI is InChI=1S/C22H17NO5/c24-21(13-26-22(25)17-8-11-19-20(12-17)28-14-27-19)23-18-9-6-16(7-10-18)15-4-2-1-3-5-15/h1-12H,13-14H2,(H,23,24). The number of fused-ring (bicyclic) bond motifs is 1. The van der Waals surface area contributed by atoms with Crippen molar-refractivity contribution in [3.05, 3.63) is 78.4 Å². The normalized spacial score (nSPS) is 11.7. The Labute approximate surface area is 161 Å². The van der Waals surface area contributed by atoms with Gasteiger partial charge in [0, 0.05) is 5.69 Å². The van der Waals surface area contributed by atoms with Crippen LogP contribution in [-0.4, -0.2) is 25.3 Å². The number of amides is 1. The Kier molecular flexibility index (Phi) is 4.93. The summed E-state index contributed by atoms with van der Waals surface area (Å²) in [6, 6.07) is 22.1. The Morgan fingerprint density at radius 1 is 0.857 bits per heavy atom. The van der Waals surface area contributed by atoms with Crippen LogP contribution in [0.3, 0.4) is 0 Å². The molecule has 3 aromatic carbocycles. The SMILES string of the molecule is O=C(COC(=O)c1ccc2c(c1)OCO2)Nc1ccc(-c2ccccc2)cc1. The zero-order valence-electron chi connectivity index (χ0n) is 14.9. The van der Waals surface area contributed by atoms with Gasteiger partial charge in [-0.3, -0.25) is 4.79 Å². The largest absolute Gasteiger partial charge is 0.454 e. The molecule has 0 saturated heterocycles. The molecule has 0 unspecified atom stereocenters. The van der Waals surface area contributed by atoms with Crippen molar-refractivity contribution in [2.24, 2.45) is 0 Å². The fourth-order valence-electron chi connectivity index (χ4n) is 2.81. The van der Waals surface area contributed by atoms with Crippen LogP contribution in [0.4, 0.5) is 5.69 Å². The predicted molar refractivity (Wildman–Crippen MR) is 103 cm³/mol. The maximum absolute atomic E-state index is 12.1. The van der Waals surface area contributed by atoms with E-state index in [0.29, 0.717) is 22.7 Å². The van der Waals surface area contributed by atoms with E-state index in [0.717, 1.165) is 11.1 Å². The van der Waals surface area contributed by atoms with Gasteiger partial charge >= 0.3 is 5.97 Å². The third kappa shape index (κ3) is 3.96. The van der Waals surface area contributed by atoms with Crippen LogP contribution in [-0.2, 0) is 9.53 Å². The predicted octanol–water partition coefficient (Wildman–Crippen LogP) is 3.88. The topological polar surface area (TPSA) is 73.9 Å². The van der Waals surface area contributed by atoms with E-state index in [9.17, 15) is 9.59 Å². The van der Waals surface area contributed by atoms with Gasteiger partial charge in [0.25, 0.3) is 5.91 Å². The number of esters is 1. The lowest BCUT2D eigenvalue weighted by molar-refractivity contribution is -0.119. The lowest BCUT2D eigenvalue weighted by Gasteiger charge is -2.08. The minimum Gasteiger partial charge on any atom is -0.454 e. The molecule has 1 aliphatic rings. The Hall–Kier alpha value is -3.80. The van der Waals surface area contributed by atoms with E-state index in [1.807, 2.05) is 42.5 Å². The Morgan fingerprint density at radius 2 is 1.57 bits per heavy atom. The molecule has 140 valence electrons. The number of anilines is 1. The summed E-state index contributed by atoms with van der Waals surface area (Å²) in [7, 11) is 0. The molecule has 1 N–H and O–H groups in total. The molecule has 3 aromatic rings. The fourth-order valence-corrected chi connectivity index (χ4v) is 2.81. The summed E-state index contributed by atoms with van der Waals surface area (Å²) in [5.74, 6) is 0.0417. The lowest BCUT2D eigenvalue weighted by Crippen LogP contribution is -2.20. The summed E-state index contributed by atoms with van der Waals surface area (Å²) >= 11 is 0. The Balaban J connectivity index is 1.31. The quantitative estimate of drug-likeness (QED) is 0.685. The molecule has 0 atom stereocenters. The van der Waals surface area contributed by atoms with E-state index >= 15 is 0 Å². The number of hydrogen-bond donors (Lipinski definition) is 1. The number of hydrogen-bond acceptors (Lipinski definition) is 5. The summed E-state index contributed by atoms with van der Waals surface area (Å²) in [5, 5.41) is 2.71. The number of ether oxygens (including phenoxy) is 3. The molecule has 1 heterocycles. The minimum atomic E-state index is -0.604. The van der Waals surface area contributed by atoms with Gasteiger partial charge in [0.1, 0.15) is 0 Å². The van der Waals surface area contributed by atoms with Gasteiger partial charge in [-0.25, -0.2) is 4.79 Å². The van der Waals surface area contributed by atoms with Crippen LogP contribution in [0.5, 0.6) is 11.5 Å². The maximum atomic E-state index is 12.1. The van der Waals surface area contributed by atoms with E-state index < -0.39 is 11.9 Å². The summed E-state index contributed by atoms with van der Waals surface area (Å²) in [6.07, 6.45) is 0. The zero-order valence-corrected chi connectivity index (χ0v) is 14.9. The van der Waals surface area contributed by atoms with Gasteiger partial charge in [0.15, 0.2) is 18.1 Å². The van der Waals surface area contributed by atoms with Crippen LogP contribution in [0.25, 0.3) is 11.1 Å². The fraction of sp³-hybridized carbons (Fsp3) is 0.0909. The lowest BCUT2D eigenvalue weighted by atomic mass is 10.1. The van der Waals surface area contributed by atoms with Crippen molar-refractivity contribution in [3.8, 4) is 22.6 Å². The third-order valence-corrected chi connectivity index (χ3v) is 4.22. The molecule has 1 amide bonds. The van der Waals surface area contributed by atoms with Crippen molar-refractivity contribution in [2.75, 3.05) is 18.7 Å². The molecule has 0 radical (unpaired) electrons. The second-order valence-corrected chi connectivity index (χ2v) is 6.14. The van der Waals surface area contributed by atoms with Crippen LogP contribution in [0.1, 0.15) is 10.4 Å². The maximum Gasteiger partial charge on any atom is 0.338 e. The Bertz CT molecular complexity index is 999. The number of benzene rings is 3. The molecule has 0 aliphatic carbocycles. The van der Waals surface area contributed by atoms with Gasteiger partial charge < -0.3 is 19.5 Å². The minimum absolute atomic E-state index is 0.124. The van der Waals surface area contributed by atoms with Crippen LogP contribution < -0.4 is 14.8 Å². The molecule has 0 fully saturated rings. The molecule has 0 saturated carbocycles. The molecule has 28 heavy (non-hydrogen) atoms. The average Bonchev–Trinajstić information content (AvgIpc) is 3.21. The highest BCUT2D eigenvalue weighted by atomic mass is 16.7. The molecule has 0 bridgehead atoms.